The number of carboxylic acids is 1. The fraction of sp³-hybridized carbons (Fsp3) is 0.417. The quantitative estimate of drug-likeness (QED) is 0.819. The Balaban J connectivity index is 2.63. The van der Waals surface area contributed by atoms with Crippen LogP contribution in [0.3, 0.4) is 0 Å². The van der Waals surface area contributed by atoms with Gasteiger partial charge >= 0.3 is 12.1 Å². The summed E-state index contributed by atoms with van der Waals surface area (Å²) < 4.78 is 36.9. The van der Waals surface area contributed by atoms with Gasteiger partial charge in [0.15, 0.2) is 0 Å². The summed E-state index contributed by atoms with van der Waals surface area (Å²) in [5.74, 6) is -1.06. The van der Waals surface area contributed by atoms with Gasteiger partial charge in [-0.15, -0.1) is 11.3 Å². The number of hydrogen-bond acceptors (Lipinski definition) is 3. The highest BCUT2D eigenvalue weighted by Crippen LogP contribution is 2.21. The van der Waals surface area contributed by atoms with Crippen molar-refractivity contribution in [2.45, 2.75) is 19.6 Å². The van der Waals surface area contributed by atoms with Crippen molar-refractivity contribution in [2.75, 3.05) is 13.1 Å². The maximum absolute atomic E-state index is 12.3. The molecule has 0 aliphatic heterocycles. The second-order valence-electron chi connectivity index (χ2n) is 3.94. The van der Waals surface area contributed by atoms with Gasteiger partial charge in [0.2, 0.25) is 0 Å². The van der Waals surface area contributed by atoms with Crippen LogP contribution in [-0.2, 0) is 11.3 Å². The van der Waals surface area contributed by atoms with E-state index in [2.05, 4.69) is 0 Å². The second kappa shape index (κ2) is 6.72. The smallest absolute Gasteiger partial charge is 0.401 e. The van der Waals surface area contributed by atoms with Crippen molar-refractivity contribution in [3.05, 3.63) is 28.0 Å². The molecule has 0 bridgehead atoms. The average molecular weight is 293 g/mol. The van der Waals surface area contributed by atoms with Crippen LogP contribution in [0.4, 0.5) is 13.2 Å². The zero-order chi connectivity index (χ0) is 14.5. The number of hydrogen-bond donors (Lipinski definition) is 1. The number of rotatable bonds is 6. The Labute approximate surface area is 113 Å². The van der Waals surface area contributed by atoms with E-state index in [-0.39, 0.29) is 6.54 Å². The lowest BCUT2D eigenvalue weighted by atomic mass is 10.2. The van der Waals surface area contributed by atoms with Crippen LogP contribution >= 0.6 is 11.3 Å². The second-order valence-corrected chi connectivity index (χ2v) is 4.93. The molecule has 0 radical (unpaired) electrons. The van der Waals surface area contributed by atoms with Crippen LogP contribution in [0.15, 0.2) is 17.5 Å². The van der Waals surface area contributed by atoms with E-state index in [0.29, 0.717) is 12.1 Å². The zero-order valence-corrected chi connectivity index (χ0v) is 11.1. The molecule has 106 valence electrons. The van der Waals surface area contributed by atoms with Crippen molar-refractivity contribution < 1.29 is 23.1 Å². The van der Waals surface area contributed by atoms with Gasteiger partial charge in [0, 0.05) is 17.5 Å². The molecule has 0 aromatic carbocycles. The number of thiophene rings is 1. The van der Waals surface area contributed by atoms with Crippen LogP contribution in [-0.4, -0.2) is 35.2 Å². The van der Waals surface area contributed by atoms with Crippen molar-refractivity contribution in [2.24, 2.45) is 0 Å². The molecule has 0 aliphatic rings. The Hall–Kier alpha value is -1.34. The maximum atomic E-state index is 12.3. The predicted octanol–water partition coefficient (Wildman–Crippen LogP) is 3.23. The number of carbonyl (C=O) groups is 1. The van der Waals surface area contributed by atoms with Crippen LogP contribution in [0.2, 0.25) is 0 Å². The maximum Gasteiger partial charge on any atom is 0.401 e. The molecule has 0 saturated carbocycles. The lowest BCUT2D eigenvalue weighted by Gasteiger charge is -2.20. The Kier molecular flexibility index (Phi) is 5.56. The topological polar surface area (TPSA) is 40.5 Å². The van der Waals surface area contributed by atoms with Gasteiger partial charge in [-0.2, -0.15) is 13.2 Å². The Morgan fingerprint density at radius 2 is 2.21 bits per heavy atom. The highest BCUT2D eigenvalue weighted by Gasteiger charge is 2.30. The van der Waals surface area contributed by atoms with E-state index in [0.717, 1.165) is 11.0 Å². The van der Waals surface area contributed by atoms with Crippen molar-refractivity contribution in [3.63, 3.8) is 0 Å². The molecule has 7 heteroatoms. The van der Waals surface area contributed by atoms with Crippen molar-refractivity contribution in [3.8, 4) is 0 Å². The van der Waals surface area contributed by atoms with Crippen LogP contribution < -0.4 is 0 Å². The van der Waals surface area contributed by atoms with Crippen molar-refractivity contribution in [1.82, 2.24) is 4.90 Å². The molecular weight excluding hydrogens is 279 g/mol. The molecule has 1 rings (SSSR count). The van der Waals surface area contributed by atoms with Gasteiger partial charge in [-0.05, 0) is 29.6 Å². The minimum absolute atomic E-state index is 0.210. The van der Waals surface area contributed by atoms with E-state index in [1.54, 1.807) is 18.4 Å². The molecule has 0 atom stereocenters. The first-order valence-corrected chi connectivity index (χ1v) is 6.45. The standard InChI is InChI=1S/C12H14F3NO2S/c1-2-16(8-12(13,14)15)6-10-5-9(7-19-10)3-4-11(17)18/h3-5,7H,2,6,8H2,1H3,(H,17,18). The lowest BCUT2D eigenvalue weighted by molar-refractivity contribution is -0.146. The van der Waals surface area contributed by atoms with Crippen molar-refractivity contribution >= 4 is 23.4 Å². The third-order valence-corrected chi connectivity index (χ3v) is 3.26. The van der Waals surface area contributed by atoms with Gasteiger partial charge in [-0.3, -0.25) is 4.90 Å². The van der Waals surface area contributed by atoms with Gasteiger partial charge < -0.3 is 5.11 Å². The first kappa shape index (κ1) is 15.7. The number of alkyl halides is 3. The average Bonchev–Trinajstić information content (AvgIpc) is 2.71. The van der Waals surface area contributed by atoms with E-state index in [9.17, 15) is 18.0 Å². The summed E-state index contributed by atoms with van der Waals surface area (Å²) in [6, 6.07) is 1.70. The summed E-state index contributed by atoms with van der Waals surface area (Å²) in [5, 5.41) is 10.2. The Bertz CT molecular complexity index is 454. The van der Waals surface area contributed by atoms with Gasteiger partial charge in [0.1, 0.15) is 0 Å². The molecular formula is C12H14F3NO2S. The lowest BCUT2D eigenvalue weighted by Crippen LogP contribution is -2.33. The number of nitrogens with zero attached hydrogens (tertiary/aromatic N) is 1. The summed E-state index contributed by atoms with van der Waals surface area (Å²) >= 11 is 1.32. The molecule has 0 saturated heterocycles. The number of halogens is 3. The normalized spacial score (nSPS) is 12.5. The highest BCUT2D eigenvalue weighted by atomic mass is 32.1. The molecule has 1 heterocycles. The third-order valence-electron chi connectivity index (χ3n) is 2.32. The minimum Gasteiger partial charge on any atom is -0.478 e. The molecule has 1 aromatic rings. The fourth-order valence-corrected chi connectivity index (χ4v) is 2.38. The van der Waals surface area contributed by atoms with Crippen LogP contribution in [0.5, 0.6) is 0 Å². The monoisotopic (exact) mass is 293 g/mol. The highest BCUT2D eigenvalue weighted by molar-refractivity contribution is 7.10. The van der Waals surface area contributed by atoms with Crippen LogP contribution in [0.25, 0.3) is 6.08 Å². The number of aliphatic carboxylic acids is 1. The van der Waals surface area contributed by atoms with Gasteiger partial charge in [0.05, 0.1) is 6.54 Å². The first-order chi connectivity index (χ1) is 8.80. The van der Waals surface area contributed by atoms with E-state index >= 15 is 0 Å². The summed E-state index contributed by atoms with van der Waals surface area (Å²) in [7, 11) is 0. The summed E-state index contributed by atoms with van der Waals surface area (Å²) in [6.07, 6.45) is -1.79. The third kappa shape index (κ3) is 6.40. The van der Waals surface area contributed by atoms with Crippen molar-refractivity contribution in [1.29, 1.82) is 0 Å². The molecule has 0 unspecified atom stereocenters. The molecule has 0 spiro atoms. The molecule has 19 heavy (non-hydrogen) atoms. The van der Waals surface area contributed by atoms with E-state index in [4.69, 9.17) is 5.11 Å². The molecule has 0 fully saturated rings. The Morgan fingerprint density at radius 3 is 2.74 bits per heavy atom. The summed E-state index contributed by atoms with van der Waals surface area (Å²) in [4.78, 5) is 12.4. The molecule has 0 amide bonds. The van der Waals surface area contributed by atoms with Gasteiger partial charge in [-0.1, -0.05) is 6.92 Å². The SMILES string of the molecule is CCN(Cc1cc(C=CC(=O)O)cs1)CC(F)(F)F. The van der Waals surface area contributed by atoms with E-state index in [1.165, 1.54) is 22.3 Å². The molecule has 3 nitrogen and oxygen atoms in total. The number of carboxylic acid groups (broad SMARTS) is 1. The minimum atomic E-state index is -4.21. The predicted molar refractivity (Wildman–Crippen MR) is 68.0 cm³/mol. The zero-order valence-electron chi connectivity index (χ0n) is 10.3. The van der Waals surface area contributed by atoms with Gasteiger partial charge in [0.25, 0.3) is 0 Å². The molecule has 0 aliphatic carbocycles. The van der Waals surface area contributed by atoms with E-state index < -0.39 is 18.7 Å². The summed E-state index contributed by atoms with van der Waals surface area (Å²) in [5.41, 5.74) is 0.686. The van der Waals surface area contributed by atoms with Gasteiger partial charge in [-0.25, -0.2) is 4.79 Å². The fourth-order valence-electron chi connectivity index (χ4n) is 1.49. The molecule has 1 N–H and O–H groups in total. The molecule has 1 aromatic heterocycles. The van der Waals surface area contributed by atoms with Crippen LogP contribution in [0.1, 0.15) is 17.4 Å². The largest absolute Gasteiger partial charge is 0.478 e. The van der Waals surface area contributed by atoms with Crippen LogP contribution in [0, 0.1) is 0 Å². The summed E-state index contributed by atoms with van der Waals surface area (Å²) in [6.45, 7) is 1.24. The Morgan fingerprint density at radius 1 is 1.53 bits per heavy atom. The first-order valence-electron chi connectivity index (χ1n) is 5.57. The van der Waals surface area contributed by atoms with E-state index in [1.807, 2.05) is 0 Å².